The molecule has 0 aliphatic heterocycles. The van der Waals surface area contributed by atoms with Gasteiger partial charge in [-0.1, -0.05) is 24.3 Å². The molecule has 0 amide bonds. The molecule has 0 atom stereocenters. The Balaban J connectivity index is 2.57. The molecule has 2 rings (SSSR count). The smallest absolute Gasteiger partial charge is 0.134 e. The van der Waals surface area contributed by atoms with Gasteiger partial charge in [0.1, 0.15) is 23.9 Å². The van der Waals surface area contributed by atoms with Crippen LogP contribution in [0, 0.1) is 0 Å². The molecule has 3 nitrogen and oxygen atoms in total. The molecule has 0 saturated heterocycles. The van der Waals surface area contributed by atoms with Crippen molar-refractivity contribution in [2.75, 3.05) is 21.3 Å². The van der Waals surface area contributed by atoms with Crippen LogP contribution in [0.4, 0.5) is 4.39 Å². The molecule has 0 radical (unpaired) electrons. The molecule has 2 aromatic carbocycles. The summed E-state index contributed by atoms with van der Waals surface area (Å²) < 4.78 is 28.6. The van der Waals surface area contributed by atoms with Crippen molar-refractivity contribution in [3.8, 4) is 28.4 Å². The summed E-state index contributed by atoms with van der Waals surface area (Å²) in [6.07, 6.45) is 0. The number of alkyl halides is 1. The molecule has 2 aromatic rings. The molecule has 4 heteroatoms. The van der Waals surface area contributed by atoms with Crippen molar-refractivity contribution in [1.82, 2.24) is 0 Å². The molecule has 0 spiro atoms. The maximum Gasteiger partial charge on any atom is 0.134 e. The second-order valence-electron chi connectivity index (χ2n) is 4.24. The molecule has 0 unspecified atom stereocenters. The van der Waals surface area contributed by atoms with E-state index < -0.39 is 6.67 Å². The van der Waals surface area contributed by atoms with E-state index in [0.29, 0.717) is 22.8 Å². The van der Waals surface area contributed by atoms with Crippen LogP contribution in [0.1, 0.15) is 5.56 Å². The predicted octanol–water partition coefficient (Wildman–Crippen LogP) is 3.85. The highest BCUT2D eigenvalue weighted by atomic mass is 19.1. The standard InChI is InChI=1S/C16H17FO3/c1-18-13-8-14(19-2)16(15(9-13)20-3)12-6-4-11(10-17)5-7-12/h4-9H,10H2,1-3H3. The molecule has 0 aliphatic rings. The van der Waals surface area contributed by atoms with Crippen LogP contribution in [0.25, 0.3) is 11.1 Å². The van der Waals surface area contributed by atoms with E-state index >= 15 is 0 Å². The van der Waals surface area contributed by atoms with Gasteiger partial charge >= 0.3 is 0 Å². The second kappa shape index (κ2) is 6.28. The first-order valence-corrected chi connectivity index (χ1v) is 6.18. The number of methoxy groups -OCH3 is 3. The minimum atomic E-state index is -0.475. The van der Waals surface area contributed by atoms with Crippen molar-refractivity contribution in [3.05, 3.63) is 42.0 Å². The van der Waals surface area contributed by atoms with Gasteiger partial charge in [-0.25, -0.2) is 4.39 Å². The average molecular weight is 276 g/mol. The summed E-state index contributed by atoms with van der Waals surface area (Å²) in [4.78, 5) is 0. The van der Waals surface area contributed by atoms with Crippen LogP contribution in [0.15, 0.2) is 36.4 Å². The number of hydrogen-bond donors (Lipinski definition) is 0. The van der Waals surface area contributed by atoms with Crippen molar-refractivity contribution in [3.63, 3.8) is 0 Å². The lowest BCUT2D eigenvalue weighted by atomic mass is 10.0. The van der Waals surface area contributed by atoms with Crippen LogP contribution in [-0.4, -0.2) is 21.3 Å². The van der Waals surface area contributed by atoms with Gasteiger partial charge in [0, 0.05) is 12.1 Å². The Labute approximate surface area is 117 Å². The first-order chi connectivity index (χ1) is 9.73. The van der Waals surface area contributed by atoms with E-state index in [0.717, 1.165) is 11.1 Å². The molecule has 106 valence electrons. The summed E-state index contributed by atoms with van der Waals surface area (Å²) in [7, 11) is 4.77. The number of hydrogen-bond acceptors (Lipinski definition) is 3. The van der Waals surface area contributed by atoms with Gasteiger partial charge in [0.05, 0.1) is 26.9 Å². The SMILES string of the molecule is COc1cc(OC)c(-c2ccc(CF)cc2)c(OC)c1. The summed E-state index contributed by atoms with van der Waals surface area (Å²) in [6, 6.07) is 10.8. The average Bonchev–Trinajstić information content (AvgIpc) is 2.53. The molecule has 0 heterocycles. The quantitative estimate of drug-likeness (QED) is 0.830. The molecular weight excluding hydrogens is 259 g/mol. The largest absolute Gasteiger partial charge is 0.496 e. The first kappa shape index (κ1) is 14.2. The molecular formula is C16H17FO3. The van der Waals surface area contributed by atoms with Crippen LogP contribution in [0.5, 0.6) is 17.2 Å². The molecule has 0 aliphatic carbocycles. The Bertz CT molecular complexity index is 554. The number of ether oxygens (including phenoxy) is 3. The van der Waals surface area contributed by atoms with E-state index in [-0.39, 0.29) is 0 Å². The third kappa shape index (κ3) is 2.69. The van der Waals surface area contributed by atoms with E-state index in [9.17, 15) is 4.39 Å². The Morgan fingerprint density at radius 3 is 1.80 bits per heavy atom. The summed E-state index contributed by atoms with van der Waals surface area (Å²) in [5, 5.41) is 0. The minimum absolute atomic E-state index is 0.475. The second-order valence-corrected chi connectivity index (χ2v) is 4.24. The Hall–Kier alpha value is -2.23. The summed E-state index contributed by atoms with van der Waals surface area (Å²) in [5.41, 5.74) is 2.36. The van der Waals surface area contributed by atoms with Crippen LogP contribution < -0.4 is 14.2 Å². The van der Waals surface area contributed by atoms with Crippen LogP contribution in [0.3, 0.4) is 0 Å². The van der Waals surface area contributed by atoms with E-state index in [1.807, 2.05) is 12.1 Å². The van der Waals surface area contributed by atoms with Gasteiger partial charge in [-0.3, -0.25) is 0 Å². The van der Waals surface area contributed by atoms with Gasteiger partial charge in [-0.2, -0.15) is 0 Å². The molecule has 0 fully saturated rings. The van der Waals surface area contributed by atoms with Gasteiger partial charge in [0.25, 0.3) is 0 Å². The van der Waals surface area contributed by atoms with Crippen molar-refractivity contribution in [2.24, 2.45) is 0 Å². The molecule has 0 saturated carbocycles. The summed E-state index contributed by atoms with van der Waals surface area (Å²) >= 11 is 0. The van der Waals surface area contributed by atoms with Gasteiger partial charge in [-0.15, -0.1) is 0 Å². The lowest BCUT2D eigenvalue weighted by Gasteiger charge is -2.15. The molecule has 0 aromatic heterocycles. The van der Waals surface area contributed by atoms with Crippen LogP contribution in [-0.2, 0) is 6.67 Å². The van der Waals surface area contributed by atoms with E-state index in [2.05, 4.69) is 0 Å². The van der Waals surface area contributed by atoms with Crippen molar-refractivity contribution in [2.45, 2.75) is 6.67 Å². The zero-order valence-corrected chi connectivity index (χ0v) is 11.8. The minimum Gasteiger partial charge on any atom is -0.496 e. The van der Waals surface area contributed by atoms with Gasteiger partial charge in [-0.05, 0) is 11.1 Å². The third-order valence-electron chi connectivity index (χ3n) is 3.11. The number of halogens is 1. The fraction of sp³-hybridized carbons (Fsp3) is 0.250. The zero-order chi connectivity index (χ0) is 14.5. The molecule has 0 N–H and O–H groups in total. The highest BCUT2D eigenvalue weighted by Gasteiger charge is 2.15. The van der Waals surface area contributed by atoms with Gasteiger partial charge in [0.2, 0.25) is 0 Å². The third-order valence-corrected chi connectivity index (χ3v) is 3.11. The number of benzene rings is 2. The van der Waals surface area contributed by atoms with Gasteiger partial charge in [0.15, 0.2) is 0 Å². The summed E-state index contributed by atoms with van der Waals surface area (Å²) in [6.45, 7) is -0.475. The fourth-order valence-corrected chi connectivity index (χ4v) is 2.05. The van der Waals surface area contributed by atoms with Crippen molar-refractivity contribution >= 4 is 0 Å². The Morgan fingerprint density at radius 1 is 0.850 bits per heavy atom. The molecule has 0 bridgehead atoms. The highest BCUT2D eigenvalue weighted by molar-refractivity contribution is 5.78. The zero-order valence-electron chi connectivity index (χ0n) is 11.8. The Kier molecular flexibility index (Phi) is 4.45. The maximum atomic E-state index is 12.6. The Morgan fingerprint density at radius 2 is 1.40 bits per heavy atom. The maximum absolute atomic E-state index is 12.6. The lowest BCUT2D eigenvalue weighted by Crippen LogP contribution is -1.95. The van der Waals surface area contributed by atoms with Gasteiger partial charge < -0.3 is 14.2 Å². The van der Waals surface area contributed by atoms with E-state index in [1.54, 1.807) is 45.6 Å². The van der Waals surface area contributed by atoms with Crippen LogP contribution >= 0.6 is 0 Å². The monoisotopic (exact) mass is 276 g/mol. The predicted molar refractivity (Wildman–Crippen MR) is 76.3 cm³/mol. The highest BCUT2D eigenvalue weighted by Crippen LogP contribution is 2.41. The van der Waals surface area contributed by atoms with Crippen LogP contribution in [0.2, 0.25) is 0 Å². The topological polar surface area (TPSA) is 27.7 Å². The first-order valence-electron chi connectivity index (χ1n) is 6.18. The van der Waals surface area contributed by atoms with E-state index in [1.165, 1.54) is 0 Å². The molecule has 20 heavy (non-hydrogen) atoms. The lowest BCUT2D eigenvalue weighted by molar-refractivity contribution is 0.377. The fourth-order valence-electron chi connectivity index (χ4n) is 2.05. The number of rotatable bonds is 5. The van der Waals surface area contributed by atoms with E-state index in [4.69, 9.17) is 14.2 Å². The normalized spacial score (nSPS) is 10.2. The van der Waals surface area contributed by atoms with Crippen molar-refractivity contribution in [1.29, 1.82) is 0 Å². The van der Waals surface area contributed by atoms with Crippen molar-refractivity contribution < 1.29 is 18.6 Å². The summed E-state index contributed by atoms with van der Waals surface area (Å²) in [5.74, 6) is 1.95.